The van der Waals surface area contributed by atoms with Crippen LogP contribution in [0.25, 0.3) is 0 Å². The summed E-state index contributed by atoms with van der Waals surface area (Å²) in [4.78, 5) is 14.3. The molecule has 0 spiro atoms. The van der Waals surface area contributed by atoms with Crippen LogP contribution in [0.4, 0.5) is 5.69 Å². The second kappa shape index (κ2) is 4.69. The van der Waals surface area contributed by atoms with E-state index in [9.17, 15) is 4.79 Å². The first-order chi connectivity index (χ1) is 8.74. The zero-order chi connectivity index (χ0) is 12.6. The molecule has 1 fully saturated rings. The van der Waals surface area contributed by atoms with Crippen LogP contribution in [0.2, 0.25) is 0 Å². The van der Waals surface area contributed by atoms with Gasteiger partial charge in [-0.3, -0.25) is 4.79 Å². The van der Waals surface area contributed by atoms with Gasteiger partial charge in [0.1, 0.15) is 0 Å². The first-order valence-corrected chi connectivity index (χ1v) is 7.80. The van der Waals surface area contributed by atoms with Gasteiger partial charge in [0.2, 0.25) is 5.91 Å². The maximum atomic E-state index is 12.3. The third-order valence-corrected chi connectivity index (χ3v) is 5.34. The highest BCUT2D eigenvalue weighted by atomic mass is 79.9. The van der Waals surface area contributed by atoms with Gasteiger partial charge in [-0.1, -0.05) is 34.1 Å². The molecule has 2 nitrogen and oxygen atoms in total. The summed E-state index contributed by atoms with van der Waals surface area (Å²) in [5, 5.41) is 1.01. The van der Waals surface area contributed by atoms with Crippen molar-refractivity contribution < 1.29 is 4.79 Å². The summed E-state index contributed by atoms with van der Waals surface area (Å²) in [6, 6.07) is 8.37. The Kier molecular flexibility index (Phi) is 3.18. The van der Waals surface area contributed by atoms with Crippen molar-refractivity contribution in [3.63, 3.8) is 0 Å². The van der Waals surface area contributed by atoms with E-state index in [1.165, 1.54) is 18.4 Å². The Morgan fingerprint density at radius 2 is 2.00 bits per heavy atom. The molecule has 0 unspecified atom stereocenters. The van der Waals surface area contributed by atoms with Crippen LogP contribution in [-0.2, 0) is 11.2 Å². The number of fused-ring (bicyclic) bond motifs is 1. The summed E-state index contributed by atoms with van der Waals surface area (Å²) in [6.45, 7) is 0.883. The minimum atomic E-state index is 0.298. The highest BCUT2D eigenvalue weighted by Crippen LogP contribution is 2.48. The van der Waals surface area contributed by atoms with E-state index in [1.54, 1.807) is 0 Å². The Labute approximate surface area is 116 Å². The summed E-state index contributed by atoms with van der Waals surface area (Å²) >= 11 is 3.60. The van der Waals surface area contributed by atoms with Gasteiger partial charge in [-0.2, -0.15) is 0 Å². The van der Waals surface area contributed by atoms with Crippen LogP contribution in [-0.4, -0.2) is 17.8 Å². The lowest BCUT2D eigenvalue weighted by atomic mass is 10.1. The number of nitrogens with zero attached hydrogens (tertiary/aromatic N) is 1. The number of anilines is 1. The van der Waals surface area contributed by atoms with Crippen molar-refractivity contribution in [2.45, 2.75) is 32.1 Å². The van der Waals surface area contributed by atoms with Gasteiger partial charge in [-0.15, -0.1) is 0 Å². The minimum Gasteiger partial charge on any atom is -0.312 e. The molecule has 18 heavy (non-hydrogen) atoms. The number of hydrogen-bond acceptors (Lipinski definition) is 1. The smallest absolute Gasteiger partial charge is 0.227 e. The first-order valence-electron chi connectivity index (χ1n) is 6.68. The molecule has 1 saturated carbocycles. The van der Waals surface area contributed by atoms with Crippen LogP contribution in [0, 0.1) is 5.41 Å². The topological polar surface area (TPSA) is 20.3 Å². The van der Waals surface area contributed by atoms with Crippen LogP contribution in [0.5, 0.6) is 0 Å². The molecule has 96 valence electrons. The molecule has 0 aromatic heterocycles. The second-order valence-electron chi connectivity index (χ2n) is 5.60. The summed E-state index contributed by atoms with van der Waals surface area (Å²) < 4.78 is 0. The Bertz CT molecular complexity index is 467. The number of aryl methyl sites for hydroxylation is 1. The van der Waals surface area contributed by atoms with Crippen molar-refractivity contribution in [2.24, 2.45) is 5.41 Å². The van der Waals surface area contributed by atoms with Crippen LogP contribution < -0.4 is 4.90 Å². The van der Waals surface area contributed by atoms with E-state index in [0.717, 1.165) is 30.4 Å². The van der Waals surface area contributed by atoms with E-state index in [1.807, 2.05) is 11.0 Å². The zero-order valence-electron chi connectivity index (χ0n) is 10.5. The highest BCUT2D eigenvalue weighted by Gasteiger charge is 2.44. The number of amides is 1. The number of para-hydroxylation sites is 1. The number of benzene rings is 1. The molecule has 3 rings (SSSR count). The fourth-order valence-corrected chi connectivity index (χ4v) is 3.44. The van der Waals surface area contributed by atoms with E-state index >= 15 is 0 Å². The van der Waals surface area contributed by atoms with E-state index < -0.39 is 0 Å². The third kappa shape index (κ3) is 2.20. The monoisotopic (exact) mass is 307 g/mol. The third-order valence-electron chi connectivity index (χ3n) is 4.15. The average molecular weight is 308 g/mol. The molecule has 0 radical (unpaired) electrons. The fourth-order valence-electron chi connectivity index (χ4n) is 2.70. The van der Waals surface area contributed by atoms with Crippen molar-refractivity contribution in [2.75, 3.05) is 16.8 Å². The molecule has 1 amide bonds. The van der Waals surface area contributed by atoms with Crippen LogP contribution in [0.3, 0.4) is 0 Å². The highest BCUT2D eigenvalue weighted by molar-refractivity contribution is 9.09. The molecule has 0 bridgehead atoms. The standard InChI is InChI=1S/C15H18BrNO/c16-10-15(8-9-15)11-17-13-6-2-1-4-12(13)5-3-7-14(17)18/h1-2,4,6H,3,5,7-11H2. The number of halogens is 1. The molecule has 0 saturated heterocycles. The first kappa shape index (κ1) is 12.2. The van der Waals surface area contributed by atoms with Gasteiger partial charge < -0.3 is 4.90 Å². The van der Waals surface area contributed by atoms with Crippen molar-refractivity contribution in [3.05, 3.63) is 29.8 Å². The van der Waals surface area contributed by atoms with Crippen molar-refractivity contribution in [1.29, 1.82) is 0 Å². The molecule has 1 heterocycles. The van der Waals surface area contributed by atoms with Gasteiger partial charge in [0.05, 0.1) is 0 Å². The van der Waals surface area contributed by atoms with Gasteiger partial charge in [-0.25, -0.2) is 0 Å². The lowest BCUT2D eigenvalue weighted by Gasteiger charge is -2.27. The summed E-state index contributed by atoms with van der Waals surface area (Å²) in [5.41, 5.74) is 2.81. The summed E-state index contributed by atoms with van der Waals surface area (Å²) in [6.07, 6.45) is 5.18. The SMILES string of the molecule is O=C1CCCc2ccccc2N1CC1(CBr)CC1. The lowest BCUT2D eigenvalue weighted by molar-refractivity contribution is -0.118. The maximum Gasteiger partial charge on any atom is 0.227 e. The molecular weight excluding hydrogens is 290 g/mol. The van der Waals surface area contributed by atoms with E-state index in [-0.39, 0.29) is 0 Å². The molecule has 0 atom stereocenters. The summed E-state index contributed by atoms with van der Waals surface area (Å²) in [7, 11) is 0. The number of alkyl halides is 1. The van der Waals surface area contributed by atoms with E-state index in [4.69, 9.17) is 0 Å². The molecule has 1 aromatic rings. The van der Waals surface area contributed by atoms with Gasteiger partial charge in [0.25, 0.3) is 0 Å². The predicted molar refractivity (Wildman–Crippen MR) is 77.2 cm³/mol. The molecule has 1 aliphatic carbocycles. The minimum absolute atomic E-state index is 0.298. The summed E-state index contributed by atoms with van der Waals surface area (Å²) in [5.74, 6) is 0.298. The zero-order valence-corrected chi connectivity index (χ0v) is 12.1. The van der Waals surface area contributed by atoms with Crippen molar-refractivity contribution >= 4 is 27.5 Å². The Morgan fingerprint density at radius 3 is 2.72 bits per heavy atom. The van der Waals surface area contributed by atoms with Gasteiger partial charge in [0.15, 0.2) is 0 Å². The molecule has 1 aliphatic heterocycles. The average Bonchev–Trinajstić information content (AvgIpc) is 3.18. The quantitative estimate of drug-likeness (QED) is 0.782. The molecular formula is C15H18BrNO. The predicted octanol–water partition coefficient (Wildman–Crippen LogP) is 3.53. The maximum absolute atomic E-state index is 12.3. The Hall–Kier alpha value is -0.830. The van der Waals surface area contributed by atoms with Crippen LogP contribution >= 0.6 is 15.9 Å². The molecule has 2 aliphatic rings. The van der Waals surface area contributed by atoms with Gasteiger partial charge >= 0.3 is 0 Å². The normalized spacial score (nSPS) is 21.4. The van der Waals surface area contributed by atoms with E-state index in [0.29, 0.717) is 17.7 Å². The van der Waals surface area contributed by atoms with Crippen LogP contribution in [0.15, 0.2) is 24.3 Å². The molecule has 3 heteroatoms. The van der Waals surface area contributed by atoms with Gasteiger partial charge in [0, 0.05) is 24.0 Å². The largest absolute Gasteiger partial charge is 0.312 e. The lowest BCUT2D eigenvalue weighted by Crippen LogP contribution is -2.36. The van der Waals surface area contributed by atoms with Crippen molar-refractivity contribution in [1.82, 2.24) is 0 Å². The Morgan fingerprint density at radius 1 is 1.22 bits per heavy atom. The number of carbonyl (C=O) groups excluding carboxylic acids is 1. The van der Waals surface area contributed by atoms with Crippen molar-refractivity contribution in [3.8, 4) is 0 Å². The number of carbonyl (C=O) groups is 1. The molecule has 0 N–H and O–H groups in total. The van der Waals surface area contributed by atoms with E-state index in [2.05, 4.69) is 34.1 Å². The number of rotatable bonds is 3. The van der Waals surface area contributed by atoms with Crippen LogP contribution in [0.1, 0.15) is 31.2 Å². The Balaban J connectivity index is 1.92. The fraction of sp³-hybridized carbons (Fsp3) is 0.533. The molecule has 1 aromatic carbocycles. The van der Waals surface area contributed by atoms with Gasteiger partial charge in [-0.05, 0) is 42.7 Å². The number of hydrogen-bond donors (Lipinski definition) is 0. The second-order valence-corrected chi connectivity index (χ2v) is 6.16.